The lowest BCUT2D eigenvalue weighted by atomic mass is 10.2. The summed E-state index contributed by atoms with van der Waals surface area (Å²) in [5.41, 5.74) is 3.22. The monoisotopic (exact) mass is 320 g/mol. The summed E-state index contributed by atoms with van der Waals surface area (Å²) in [7, 11) is 0. The average Bonchev–Trinajstić information content (AvgIpc) is 3.10. The van der Waals surface area contributed by atoms with Crippen molar-refractivity contribution in [1.29, 1.82) is 0 Å². The maximum Gasteiger partial charge on any atom is 0.0969 e. The van der Waals surface area contributed by atoms with Crippen LogP contribution >= 0.6 is 15.9 Å². The lowest BCUT2D eigenvalue weighted by molar-refractivity contribution is 0.628. The van der Waals surface area contributed by atoms with Crippen molar-refractivity contribution in [2.24, 2.45) is 5.92 Å². The maximum atomic E-state index is 4.22. The van der Waals surface area contributed by atoms with Gasteiger partial charge in [0.15, 0.2) is 0 Å². The molecule has 1 aliphatic carbocycles. The lowest BCUT2D eigenvalue weighted by Crippen LogP contribution is -2.16. The van der Waals surface area contributed by atoms with Crippen LogP contribution < -0.4 is 5.32 Å². The van der Waals surface area contributed by atoms with Gasteiger partial charge in [0.2, 0.25) is 0 Å². The predicted molar refractivity (Wildman–Crippen MR) is 78.2 cm³/mol. The smallest absolute Gasteiger partial charge is 0.0969 e. The van der Waals surface area contributed by atoms with Gasteiger partial charge in [0.25, 0.3) is 0 Å². The summed E-state index contributed by atoms with van der Waals surface area (Å²) in [6, 6.07) is 6.10. The first-order valence-electron chi connectivity index (χ1n) is 6.61. The van der Waals surface area contributed by atoms with Crippen molar-refractivity contribution in [3.8, 4) is 5.69 Å². The fourth-order valence-corrected chi connectivity index (χ4v) is 2.42. The molecule has 1 saturated carbocycles. The standard InChI is InChI=1S/C14H17BrN4/c1-10-13(15)3-2-4-14(10)19-9-12(17-18-19)8-16-7-11-5-6-11/h2-4,9,11,16H,5-8H2,1H3. The van der Waals surface area contributed by atoms with Crippen molar-refractivity contribution in [2.45, 2.75) is 26.3 Å². The number of nitrogens with one attached hydrogen (secondary N) is 1. The Labute approximate surface area is 121 Å². The second-order valence-corrected chi connectivity index (χ2v) is 5.97. The third-order valence-electron chi connectivity index (χ3n) is 3.46. The molecule has 1 N–H and O–H groups in total. The SMILES string of the molecule is Cc1c(Br)cccc1-n1cc(CNCC2CC2)nn1. The molecule has 2 aromatic rings. The van der Waals surface area contributed by atoms with Gasteiger partial charge in [-0.25, -0.2) is 4.68 Å². The number of rotatable bonds is 5. The zero-order valence-corrected chi connectivity index (χ0v) is 12.5. The molecule has 1 fully saturated rings. The Balaban J connectivity index is 1.70. The van der Waals surface area contributed by atoms with Crippen molar-refractivity contribution in [2.75, 3.05) is 6.54 Å². The van der Waals surface area contributed by atoms with Crippen molar-refractivity contribution in [3.63, 3.8) is 0 Å². The molecule has 0 amide bonds. The molecule has 5 heteroatoms. The Morgan fingerprint density at radius 2 is 2.26 bits per heavy atom. The molecule has 0 aliphatic heterocycles. The highest BCUT2D eigenvalue weighted by Gasteiger charge is 2.20. The minimum absolute atomic E-state index is 0.795. The largest absolute Gasteiger partial charge is 0.311 e. The van der Waals surface area contributed by atoms with E-state index in [0.717, 1.165) is 34.9 Å². The molecular weight excluding hydrogens is 304 g/mol. The van der Waals surface area contributed by atoms with Gasteiger partial charge < -0.3 is 5.32 Å². The van der Waals surface area contributed by atoms with E-state index in [1.165, 1.54) is 18.4 Å². The van der Waals surface area contributed by atoms with Gasteiger partial charge >= 0.3 is 0 Å². The van der Waals surface area contributed by atoms with Crippen LogP contribution in [0.4, 0.5) is 0 Å². The quantitative estimate of drug-likeness (QED) is 0.921. The van der Waals surface area contributed by atoms with Gasteiger partial charge in [0.1, 0.15) is 0 Å². The van der Waals surface area contributed by atoms with E-state index in [4.69, 9.17) is 0 Å². The molecule has 0 radical (unpaired) electrons. The molecule has 0 atom stereocenters. The van der Waals surface area contributed by atoms with E-state index >= 15 is 0 Å². The number of nitrogens with zero attached hydrogens (tertiary/aromatic N) is 3. The molecule has 0 spiro atoms. The van der Waals surface area contributed by atoms with Crippen LogP contribution in [0, 0.1) is 12.8 Å². The van der Waals surface area contributed by atoms with Crippen molar-refractivity contribution < 1.29 is 0 Å². The van der Waals surface area contributed by atoms with Gasteiger partial charge in [0.05, 0.1) is 17.6 Å². The first-order valence-corrected chi connectivity index (χ1v) is 7.41. The first-order chi connectivity index (χ1) is 9.24. The zero-order chi connectivity index (χ0) is 13.2. The summed E-state index contributed by atoms with van der Waals surface area (Å²) >= 11 is 3.54. The van der Waals surface area contributed by atoms with E-state index in [-0.39, 0.29) is 0 Å². The fraction of sp³-hybridized carbons (Fsp3) is 0.429. The zero-order valence-electron chi connectivity index (χ0n) is 10.9. The average molecular weight is 321 g/mol. The summed E-state index contributed by atoms with van der Waals surface area (Å²) < 4.78 is 2.93. The molecule has 0 bridgehead atoms. The van der Waals surface area contributed by atoms with Gasteiger partial charge in [-0.2, -0.15) is 0 Å². The second kappa shape index (κ2) is 5.43. The molecule has 1 aromatic carbocycles. The number of hydrogen-bond acceptors (Lipinski definition) is 3. The highest BCUT2D eigenvalue weighted by molar-refractivity contribution is 9.10. The van der Waals surface area contributed by atoms with Gasteiger partial charge in [-0.05, 0) is 49.9 Å². The van der Waals surface area contributed by atoms with Gasteiger partial charge in [0, 0.05) is 11.0 Å². The molecular formula is C14H17BrN4. The van der Waals surface area contributed by atoms with Crippen LogP contribution in [0.15, 0.2) is 28.9 Å². The molecule has 0 saturated heterocycles. The van der Waals surface area contributed by atoms with E-state index in [1.54, 1.807) is 0 Å². The first kappa shape index (κ1) is 12.8. The van der Waals surface area contributed by atoms with Crippen molar-refractivity contribution in [3.05, 3.63) is 40.1 Å². The Morgan fingerprint density at radius 1 is 1.42 bits per heavy atom. The third kappa shape index (κ3) is 3.04. The third-order valence-corrected chi connectivity index (χ3v) is 4.32. The number of benzene rings is 1. The molecule has 19 heavy (non-hydrogen) atoms. The van der Waals surface area contributed by atoms with Crippen LogP contribution in [0.25, 0.3) is 5.69 Å². The van der Waals surface area contributed by atoms with Crippen LogP contribution in [0.2, 0.25) is 0 Å². The minimum Gasteiger partial charge on any atom is -0.311 e. The van der Waals surface area contributed by atoms with Crippen LogP contribution in [0.5, 0.6) is 0 Å². The Morgan fingerprint density at radius 3 is 3.05 bits per heavy atom. The molecule has 1 heterocycles. The number of hydrogen-bond donors (Lipinski definition) is 1. The van der Waals surface area contributed by atoms with Crippen molar-refractivity contribution in [1.82, 2.24) is 20.3 Å². The highest BCUT2D eigenvalue weighted by Crippen LogP contribution is 2.27. The van der Waals surface area contributed by atoms with Gasteiger partial charge in [-0.3, -0.25) is 0 Å². The van der Waals surface area contributed by atoms with Crippen LogP contribution in [0.1, 0.15) is 24.1 Å². The molecule has 4 nitrogen and oxygen atoms in total. The lowest BCUT2D eigenvalue weighted by Gasteiger charge is -2.06. The molecule has 1 aromatic heterocycles. The summed E-state index contributed by atoms with van der Waals surface area (Å²) in [4.78, 5) is 0. The van der Waals surface area contributed by atoms with Gasteiger partial charge in [-0.15, -0.1) is 5.10 Å². The van der Waals surface area contributed by atoms with E-state index < -0.39 is 0 Å². The van der Waals surface area contributed by atoms with Crippen LogP contribution in [-0.2, 0) is 6.54 Å². The topological polar surface area (TPSA) is 42.7 Å². The Hall–Kier alpha value is -1.20. The number of aromatic nitrogens is 3. The Kier molecular flexibility index (Phi) is 3.66. The fourth-order valence-electron chi connectivity index (χ4n) is 2.07. The number of halogens is 1. The maximum absolute atomic E-state index is 4.22. The molecule has 100 valence electrons. The summed E-state index contributed by atoms with van der Waals surface area (Å²) in [6.45, 7) is 3.97. The summed E-state index contributed by atoms with van der Waals surface area (Å²) in [5, 5.41) is 11.9. The highest BCUT2D eigenvalue weighted by atomic mass is 79.9. The second-order valence-electron chi connectivity index (χ2n) is 5.11. The van der Waals surface area contributed by atoms with Crippen molar-refractivity contribution >= 4 is 15.9 Å². The minimum atomic E-state index is 0.795. The summed E-state index contributed by atoms with van der Waals surface area (Å²) in [5.74, 6) is 0.891. The molecule has 1 aliphatic rings. The van der Waals surface area contributed by atoms with E-state index in [9.17, 15) is 0 Å². The van der Waals surface area contributed by atoms with E-state index in [0.29, 0.717) is 0 Å². The summed E-state index contributed by atoms with van der Waals surface area (Å²) in [6.07, 6.45) is 4.74. The normalized spacial score (nSPS) is 14.8. The van der Waals surface area contributed by atoms with Crippen LogP contribution in [0.3, 0.4) is 0 Å². The van der Waals surface area contributed by atoms with Crippen LogP contribution in [-0.4, -0.2) is 21.5 Å². The van der Waals surface area contributed by atoms with E-state index in [1.807, 2.05) is 23.0 Å². The molecule has 0 unspecified atom stereocenters. The predicted octanol–water partition coefficient (Wildman–Crippen LogP) is 2.84. The van der Waals surface area contributed by atoms with Gasteiger partial charge in [-0.1, -0.05) is 27.2 Å². The Bertz CT molecular complexity index is 575. The van der Waals surface area contributed by atoms with E-state index in [2.05, 4.69) is 44.5 Å². The molecule has 3 rings (SSSR count).